The summed E-state index contributed by atoms with van der Waals surface area (Å²) in [7, 11) is 0. The van der Waals surface area contributed by atoms with E-state index in [-0.39, 0.29) is 11.6 Å². The summed E-state index contributed by atoms with van der Waals surface area (Å²) in [5.41, 5.74) is 3.65. The van der Waals surface area contributed by atoms with Crippen molar-refractivity contribution in [1.29, 1.82) is 0 Å². The smallest absolute Gasteiger partial charge is 0.408 e. The summed E-state index contributed by atoms with van der Waals surface area (Å²) >= 11 is 0. The highest BCUT2D eigenvalue weighted by molar-refractivity contribution is 5.68. The highest BCUT2D eigenvalue weighted by Gasteiger charge is 2.33. The maximum absolute atomic E-state index is 12.1. The van der Waals surface area contributed by atoms with E-state index in [0.29, 0.717) is 6.04 Å². The molecule has 0 aromatic heterocycles. The van der Waals surface area contributed by atoms with E-state index in [1.807, 2.05) is 20.8 Å². The topological polar surface area (TPSA) is 50.4 Å². The summed E-state index contributed by atoms with van der Waals surface area (Å²) < 4.78 is 5.41. The number of fused-ring (bicyclic) bond motifs is 1. The summed E-state index contributed by atoms with van der Waals surface area (Å²) in [6.07, 6.45) is 7.48. The molecule has 0 spiro atoms. The Labute approximate surface area is 151 Å². The zero-order valence-corrected chi connectivity index (χ0v) is 16.1. The number of carbonyl (C=O) groups is 1. The van der Waals surface area contributed by atoms with Crippen LogP contribution in [0, 0.1) is 0 Å². The predicted octanol–water partition coefficient (Wildman–Crippen LogP) is 4.81. The Bertz CT molecular complexity index is 625. The first-order valence-electron chi connectivity index (χ1n) is 9.62. The molecule has 0 unspecified atom stereocenters. The number of carbonyl (C=O) groups excluding carboxylic acids is 1. The average Bonchev–Trinajstić information content (AvgIpc) is 2.95. The molecule has 1 amide bonds. The fraction of sp³-hybridized carbons (Fsp3) is 0.667. The minimum Gasteiger partial charge on any atom is -0.444 e. The number of rotatable bonds is 3. The molecule has 0 radical (unpaired) electrons. The number of amides is 1. The van der Waals surface area contributed by atoms with Crippen molar-refractivity contribution < 1.29 is 9.53 Å². The van der Waals surface area contributed by atoms with E-state index < -0.39 is 5.60 Å². The Morgan fingerprint density at radius 3 is 2.52 bits per heavy atom. The number of hydrogen-bond acceptors (Lipinski definition) is 3. The van der Waals surface area contributed by atoms with Gasteiger partial charge in [-0.15, -0.1) is 0 Å². The largest absolute Gasteiger partial charge is 0.444 e. The van der Waals surface area contributed by atoms with Crippen molar-refractivity contribution in [3.8, 4) is 0 Å². The van der Waals surface area contributed by atoms with Crippen molar-refractivity contribution in [2.45, 2.75) is 89.8 Å². The van der Waals surface area contributed by atoms with Crippen molar-refractivity contribution >= 4 is 11.8 Å². The van der Waals surface area contributed by atoms with E-state index in [4.69, 9.17) is 4.74 Å². The number of ether oxygens (including phenoxy) is 1. The lowest BCUT2D eigenvalue weighted by molar-refractivity contribution is 0.0436. The molecule has 25 heavy (non-hydrogen) atoms. The third-order valence-corrected chi connectivity index (χ3v) is 5.36. The van der Waals surface area contributed by atoms with Crippen LogP contribution < -0.4 is 10.6 Å². The van der Waals surface area contributed by atoms with Crippen LogP contribution >= 0.6 is 0 Å². The van der Waals surface area contributed by atoms with Crippen molar-refractivity contribution in [1.82, 2.24) is 5.32 Å². The maximum Gasteiger partial charge on any atom is 0.408 e. The molecular formula is C21H32N2O2. The Hall–Kier alpha value is -1.71. The summed E-state index contributed by atoms with van der Waals surface area (Å²) in [5, 5.41) is 6.78. The van der Waals surface area contributed by atoms with Crippen molar-refractivity contribution in [3.05, 3.63) is 29.3 Å². The SMILES string of the molecule is CC1(NC(=O)OC(C)(C)C)CCC(Nc2ccc3c(c2)CCC3)CC1. The third kappa shape index (κ3) is 4.90. The minimum atomic E-state index is -0.452. The first-order valence-corrected chi connectivity index (χ1v) is 9.62. The Morgan fingerprint density at radius 1 is 1.16 bits per heavy atom. The molecule has 2 aliphatic carbocycles. The van der Waals surface area contributed by atoms with E-state index in [9.17, 15) is 4.79 Å². The molecule has 1 fully saturated rings. The Morgan fingerprint density at radius 2 is 1.84 bits per heavy atom. The molecule has 138 valence electrons. The number of anilines is 1. The van der Waals surface area contributed by atoms with E-state index in [0.717, 1.165) is 25.7 Å². The highest BCUT2D eigenvalue weighted by Crippen LogP contribution is 2.31. The molecular weight excluding hydrogens is 312 g/mol. The van der Waals surface area contributed by atoms with Crippen LogP contribution in [0.5, 0.6) is 0 Å². The van der Waals surface area contributed by atoms with E-state index in [1.165, 1.54) is 36.1 Å². The molecule has 0 heterocycles. The molecule has 1 aromatic carbocycles. The lowest BCUT2D eigenvalue weighted by atomic mass is 9.81. The second-order valence-electron chi connectivity index (χ2n) is 8.94. The van der Waals surface area contributed by atoms with Gasteiger partial charge in [-0.25, -0.2) is 4.79 Å². The molecule has 4 nitrogen and oxygen atoms in total. The average molecular weight is 344 g/mol. The standard InChI is InChI=1S/C21H32N2O2/c1-20(2,3)25-19(24)23-21(4)12-10-17(11-13-21)22-18-9-8-15-6-5-7-16(15)14-18/h8-9,14,17,22H,5-7,10-13H2,1-4H3,(H,23,24). The van der Waals surface area contributed by atoms with Crippen LogP contribution in [-0.2, 0) is 17.6 Å². The lowest BCUT2D eigenvalue weighted by Crippen LogP contribution is -2.51. The van der Waals surface area contributed by atoms with Crippen LogP contribution in [0.2, 0.25) is 0 Å². The molecule has 1 saturated carbocycles. The predicted molar refractivity (Wildman–Crippen MR) is 102 cm³/mol. The van der Waals surface area contributed by atoms with Crippen molar-refractivity contribution in [3.63, 3.8) is 0 Å². The first-order chi connectivity index (χ1) is 11.7. The molecule has 2 N–H and O–H groups in total. The molecule has 2 aliphatic rings. The zero-order valence-electron chi connectivity index (χ0n) is 16.1. The van der Waals surface area contributed by atoms with Crippen molar-refractivity contribution in [2.75, 3.05) is 5.32 Å². The van der Waals surface area contributed by atoms with Crippen LogP contribution in [0.1, 0.15) is 70.9 Å². The first kappa shape index (κ1) is 18.1. The van der Waals surface area contributed by atoms with Crippen LogP contribution in [0.3, 0.4) is 0 Å². The lowest BCUT2D eigenvalue weighted by Gasteiger charge is -2.38. The number of nitrogens with one attached hydrogen (secondary N) is 2. The van der Waals surface area contributed by atoms with Gasteiger partial charge >= 0.3 is 6.09 Å². The van der Waals surface area contributed by atoms with Crippen molar-refractivity contribution in [2.24, 2.45) is 0 Å². The monoisotopic (exact) mass is 344 g/mol. The van der Waals surface area contributed by atoms with Gasteiger partial charge in [0.15, 0.2) is 0 Å². The molecule has 3 rings (SSSR count). The van der Waals surface area contributed by atoms with Gasteiger partial charge < -0.3 is 15.4 Å². The van der Waals surface area contributed by atoms with Crippen LogP contribution in [0.25, 0.3) is 0 Å². The summed E-state index contributed by atoms with van der Waals surface area (Å²) in [6, 6.07) is 7.31. The van der Waals surface area contributed by atoms with Gasteiger partial charge in [0.05, 0.1) is 0 Å². The normalized spacial score (nSPS) is 26.0. The van der Waals surface area contributed by atoms with Gasteiger partial charge in [-0.3, -0.25) is 0 Å². The molecule has 0 bridgehead atoms. The molecule has 0 atom stereocenters. The fourth-order valence-corrected chi connectivity index (χ4v) is 3.97. The van der Waals surface area contributed by atoms with Crippen LogP contribution in [-0.4, -0.2) is 23.3 Å². The maximum atomic E-state index is 12.1. The number of aryl methyl sites for hydroxylation is 2. The van der Waals surface area contributed by atoms with Gasteiger partial charge in [0.25, 0.3) is 0 Å². The van der Waals surface area contributed by atoms with E-state index in [1.54, 1.807) is 0 Å². The number of benzene rings is 1. The highest BCUT2D eigenvalue weighted by atomic mass is 16.6. The number of hydrogen-bond donors (Lipinski definition) is 2. The van der Waals surface area contributed by atoms with Gasteiger partial charge in [-0.2, -0.15) is 0 Å². The second kappa shape index (κ2) is 6.89. The van der Waals surface area contributed by atoms with Gasteiger partial charge in [0.2, 0.25) is 0 Å². The second-order valence-corrected chi connectivity index (χ2v) is 8.94. The summed E-state index contributed by atoms with van der Waals surface area (Å²) in [4.78, 5) is 12.1. The number of alkyl carbamates (subject to hydrolysis) is 1. The Kier molecular flexibility index (Phi) is 4.99. The molecule has 0 aliphatic heterocycles. The van der Waals surface area contributed by atoms with Crippen LogP contribution in [0.15, 0.2) is 18.2 Å². The van der Waals surface area contributed by atoms with E-state index >= 15 is 0 Å². The Balaban J connectivity index is 1.50. The van der Waals surface area contributed by atoms with Gasteiger partial charge in [-0.05, 0) is 95.9 Å². The van der Waals surface area contributed by atoms with Gasteiger partial charge in [0.1, 0.15) is 5.60 Å². The zero-order chi connectivity index (χ0) is 18.1. The van der Waals surface area contributed by atoms with Gasteiger partial charge in [0, 0.05) is 17.3 Å². The quantitative estimate of drug-likeness (QED) is 0.827. The molecule has 1 aromatic rings. The fourth-order valence-electron chi connectivity index (χ4n) is 3.97. The summed E-state index contributed by atoms with van der Waals surface area (Å²) in [5.74, 6) is 0. The third-order valence-electron chi connectivity index (χ3n) is 5.36. The van der Waals surface area contributed by atoms with E-state index in [2.05, 4.69) is 35.8 Å². The van der Waals surface area contributed by atoms with Gasteiger partial charge in [-0.1, -0.05) is 6.07 Å². The summed E-state index contributed by atoms with van der Waals surface area (Å²) in [6.45, 7) is 7.81. The van der Waals surface area contributed by atoms with Crippen LogP contribution in [0.4, 0.5) is 10.5 Å². The molecule has 4 heteroatoms. The minimum absolute atomic E-state index is 0.168. The molecule has 0 saturated heterocycles.